The molecule has 0 aliphatic carbocycles. The number of rotatable bonds is 0. The highest BCUT2D eigenvalue weighted by molar-refractivity contribution is 5.95. The standard InChI is InChI=1S/C24H32O5/c1-14-12-16(3)21-18(13-14)8-7-9-20-22(29-24(5,6)28-20)19(25)11-10-15(2)17(4)27-23(21)26/h7-8,10-13,15,17,19-20,22,25H,9H2,1-6H3/b8-7+,11-10-/t15-,17+,19?,20+,22-/m1/s1. The van der Waals surface area contributed by atoms with E-state index in [1.165, 1.54) is 0 Å². The Kier molecular flexibility index (Phi) is 6.32. The predicted molar refractivity (Wildman–Crippen MR) is 113 cm³/mol. The maximum atomic E-state index is 12.9. The van der Waals surface area contributed by atoms with Crippen LogP contribution >= 0.6 is 0 Å². The second-order valence-corrected chi connectivity index (χ2v) is 8.67. The number of cyclic esters (lactones) is 1. The molecule has 29 heavy (non-hydrogen) atoms. The van der Waals surface area contributed by atoms with E-state index in [4.69, 9.17) is 14.2 Å². The van der Waals surface area contributed by atoms with Gasteiger partial charge in [-0.1, -0.05) is 48.9 Å². The zero-order chi connectivity index (χ0) is 21.3. The third-order valence-electron chi connectivity index (χ3n) is 5.58. The molecule has 1 unspecified atom stereocenters. The molecule has 3 rings (SSSR count). The van der Waals surface area contributed by atoms with Gasteiger partial charge in [0, 0.05) is 5.92 Å². The monoisotopic (exact) mass is 400 g/mol. The van der Waals surface area contributed by atoms with Gasteiger partial charge in [-0.3, -0.25) is 0 Å². The quantitative estimate of drug-likeness (QED) is 0.518. The Labute approximate surface area is 173 Å². The van der Waals surface area contributed by atoms with Crippen molar-refractivity contribution < 1.29 is 24.1 Å². The van der Waals surface area contributed by atoms with Crippen LogP contribution in [-0.2, 0) is 14.2 Å². The molecule has 1 N–H and O–H groups in total. The maximum Gasteiger partial charge on any atom is 0.339 e. The number of aryl methyl sites for hydroxylation is 2. The number of fused-ring (bicyclic) bond motifs is 2. The number of hydrogen-bond donors (Lipinski definition) is 1. The number of benzene rings is 1. The van der Waals surface area contributed by atoms with E-state index < -0.39 is 18.0 Å². The minimum Gasteiger partial charge on any atom is -0.458 e. The first-order valence-corrected chi connectivity index (χ1v) is 10.3. The van der Waals surface area contributed by atoms with Crippen molar-refractivity contribution in [1.82, 2.24) is 0 Å². The molecule has 0 saturated carbocycles. The molecule has 2 aliphatic rings. The zero-order valence-corrected chi connectivity index (χ0v) is 18.1. The summed E-state index contributed by atoms with van der Waals surface area (Å²) in [6, 6.07) is 3.98. The van der Waals surface area contributed by atoms with Crippen molar-refractivity contribution in [3.8, 4) is 0 Å². The number of carbonyl (C=O) groups excluding carboxylic acids is 1. The number of carbonyl (C=O) groups is 1. The smallest absolute Gasteiger partial charge is 0.339 e. The van der Waals surface area contributed by atoms with Gasteiger partial charge in [0.25, 0.3) is 0 Å². The van der Waals surface area contributed by atoms with Crippen LogP contribution in [0.3, 0.4) is 0 Å². The molecule has 5 heteroatoms. The summed E-state index contributed by atoms with van der Waals surface area (Å²) in [6.07, 6.45) is 6.18. The molecule has 2 aliphatic heterocycles. The third kappa shape index (κ3) is 4.97. The van der Waals surface area contributed by atoms with Gasteiger partial charge in [-0.25, -0.2) is 4.79 Å². The van der Waals surface area contributed by atoms with Crippen molar-refractivity contribution in [2.75, 3.05) is 0 Å². The van der Waals surface area contributed by atoms with Gasteiger partial charge in [-0.15, -0.1) is 0 Å². The molecule has 1 aromatic rings. The van der Waals surface area contributed by atoms with Crippen LogP contribution in [0.1, 0.15) is 61.2 Å². The Balaban J connectivity index is 2.02. The van der Waals surface area contributed by atoms with Crippen LogP contribution in [0, 0.1) is 19.8 Å². The van der Waals surface area contributed by atoms with E-state index in [0.29, 0.717) is 12.0 Å². The maximum absolute atomic E-state index is 12.9. The van der Waals surface area contributed by atoms with E-state index >= 15 is 0 Å². The number of aliphatic hydroxyl groups excluding tert-OH is 1. The van der Waals surface area contributed by atoms with E-state index in [1.807, 2.05) is 71.9 Å². The highest BCUT2D eigenvalue weighted by atomic mass is 16.8. The van der Waals surface area contributed by atoms with Gasteiger partial charge in [-0.2, -0.15) is 0 Å². The van der Waals surface area contributed by atoms with Crippen LogP contribution in [0.25, 0.3) is 6.08 Å². The largest absolute Gasteiger partial charge is 0.458 e. The lowest BCUT2D eigenvalue weighted by atomic mass is 9.96. The summed E-state index contributed by atoms with van der Waals surface area (Å²) in [5, 5.41) is 10.7. The van der Waals surface area contributed by atoms with E-state index in [-0.39, 0.29) is 24.1 Å². The molecule has 1 fully saturated rings. The van der Waals surface area contributed by atoms with Gasteiger partial charge < -0.3 is 19.3 Å². The average molecular weight is 401 g/mol. The number of hydrogen-bond acceptors (Lipinski definition) is 5. The SMILES string of the molecule is Cc1cc(C)c2c(c1)/C=C/C[C@@H]1OC(C)(C)O[C@@H]1C(O)/C=C\[C@@H](C)[C@H](C)OC2=O. The molecule has 5 atom stereocenters. The lowest BCUT2D eigenvalue weighted by Crippen LogP contribution is -2.34. The minimum absolute atomic E-state index is 0.0601. The van der Waals surface area contributed by atoms with Gasteiger partial charge in [0.05, 0.1) is 11.7 Å². The Hall–Kier alpha value is -1.95. The second-order valence-electron chi connectivity index (χ2n) is 8.67. The summed E-state index contributed by atoms with van der Waals surface area (Å²) < 4.78 is 17.7. The molecular formula is C24H32O5. The van der Waals surface area contributed by atoms with Gasteiger partial charge in [0.2, 0.25) is 0 Å². The lowest BCUT2D eigenvalue weighted by molar-refractivity contribution is -0.152. The van der Waals surface area contributed by atoms with Crippen molar-refractivity contribution in [2.45, 2.75) is 78.2 Å². The summed E-state index contributed by atoms with van der Waals surface area (Å²) in [5.74, 6) is -1.14. The van der Waals surface area contributed by atoms with Gasteiger partial charge in [-0.05, 0) is 52.2 Å². The lowest BCUT2D eigenvalue weighted by Gasteiger charge is -2.22. The fourth-order valence-corrected chi connectivity index (χ4v) is 3.96. The van der Waals surface area contributed by atoms with Crippen molar-refractivity contribution in [3.63, 3.8) is 0 Å². The normalized spacial score (nSPS) is 34.4. The van der Waals surface area contributed by atoms with Crippen LogP contribution < -0.4 is 0 Å². The summed E-state index contributed by atoms with van der Waals surface area (Å²) in [4.78, 5) is 12.9. The fourth-order valence-electron chi connectivity index (χ4n) is 3.96. The second kappa shape index (κ2) is 8.42. The Bertz CT molecular complexity index is 823. The van der Waals surface area contributed by atoms with Gasteiger partial charge >= 0.3 is 5.97 Å². The molecule has 5 nitrogen and oxygen atoms in total. The molecule has 1 aromatic carbocycles. The first kappa shape index (κ1) is 21.8. The fraction of sp³-hybridized carbons (Fsp3) is 0.542. The highest BCUT2D eigenvalue weighted by Crippen LogP contribution is 2.33. The van der Waals surface area contributed by atoms with Crippen LogP contribution in [0.5, 0.6) is 0 Å². The summed E-state index contributed by atoms with van der Waals surface area (Å²) in [7, 11) is 0. The summed E-state index contributed by atoms with van der Waals surface area (Å²) >= 11 is 0. The van der Waals surface area contributed by atoms with Crippen molar-refractivity contribution >= 4 is 12.0 Å². The number of aliphatic hydroxyl groups is 1. The Morgan fingerprint density at radius 1 is 1.10 bits per heavy atom. The zero-order valence-electron chi connectivity index (χ0n) is 18.1. The molecule has 2 heterocycles. The predicted octanol–water partition coefficient (Wildman–Crippen LogP) is 4.34. The number of ether oxygens (including phenoxy) is 3. The average Bonchev–Trinajstić information content (AvgIpc) is 2.92. The number of esters is 1. The molecule has 0 bridgehead atoms. The molecular weight excluding hydrogens is 368 g/mol. The molecule has 158 valence electrons. The molecule has 0 aromatic heterocycles. The molecule has 1 saturated heterocycles. The van der Waals surface area contributed by atoms with Crippen LogP contribution in [0.4, 0.5) is 0 Å². The first-order chi connectivity index (χ1) is 13.6. The Morgan fingerprint density at radius 2 is 1.83 bits per heavy atom. The van der Waals surface area contributed by atoms with E-state index in [1.54, 1.807) is 6.08 Å². The van der Waals surface area contributed by atoms with E-state index in [9.17, 15) is 9.90 Å². The minimum atomic E-state index is -0.805. The van der Waals surface area contributed by atoms with Crippen molar-refractivity contribution in [1.29, 1.82) is 0 Å². The molecule has 0 amide bonds. The third-order valence-corrected chi connectivity index (χ3v) is 5.58. The van der Waals surface area contributed by atoms with Gasteiger partial charge in [0.15, 0.2) is 5.79 Å². The highest BCUT2D eigenvalue weighted by Gasteiger charge is 2.43. The Morgan fingerprint density at radius 3 is 2.55 bits per heavy atom. The van der Waals surface area contributed by atoms with Crippen molar-refractivity contribution in [2.24, 2.45) is 5.92 Å². The molecule has 0 spiro atoms. The summed E-state index contributed by atoms with van der Waals surface area (Å²) in [6.45, 7) is 11.5. The van der Waals surface area contributed by atoms with E-state index in [2.05, 4.69) is 0 Å². The van der Waals surface area contributed by atoms with Crippen LogP contribution in [-0.4, -0.2) is 41.3 Å². The van der Waals surface area contributed by atoms with Crippen LogP contribution in [0.2, 0.25) is 0 Å². The van der Waals surface area contributed by atoms with Gasteiger partial charge in [0.1, 0.15) is 18.3 Å². The summed E-state index contributed by atoms with van der Waals surface area (Å²) in [5.41, 5.74) is 3.40. The topological polar surface area (TPSA) is 65.0 Å². The van der Waals surface area contributed by atoms with Crippen LogP contribution in [0.15, 0.2) is 30.4 Å². The van der Waals surface area contributed by atoms with Crippen molar-refractivity contribution in [3.05, 3.63) is 52.6 Å². The van der Waals surface area contributed by atoms with E-state index in [0.717, 1.165) is 16.7 Å². The first-order valence-electron chi connectivity index (χ1n) is 10.3. The molecule has 0 radical (unpaired) electrons.